The van der Waals surface area contributed by atoms with Crippen molar-refractivity contribution in [3.63, 3.8) is 0 Å². The summed E-state index contributed by atoms with van der Waals surface area (Å²) in [4.78, 5) is 39.3. The second-order valence-corrected chi connectivity index (χ2v) is 9.67. The SMILES string of the molecule is CCOc1cc(/C=C2/SC(=O)N(Cc3ccc(Cl)cc3)C2=O)ccc1OCC(=O)Nc1cccc(C)c1. The highest BCUT2D eigenvalue weighted by atomic mass is 35.5. The number of thioether (sulfide) groups is 1. The second-order valence-electron chi connectivity index (χ2n) is 8.24. The van der Waals surface area contributed by atoms with Crippen molar-refractivity contribution in [2.75, 3.05) is 18.5 Å². The summed E-state index contributed by atoms with van der Waals surface area (Å²) < 4.78 is 11.4. The number of benzene rings is 3. The van der Waals surface area contributed by atoms with E-state index in [1.807, 2.05) is 38.1 Å². The molecular formula is C28H25ClN2O5S. The lowest BCUT2D eigenvalue weighted by Gasteiger charge is -2.13. The van der Waals surface area contributed by atoms with E-state index < -0.39 is 0 Å². The van der Waals surface area contributed by atoms with E-state index >= 15 is 0 Å². The van der Waals surface area contributed by atoms with Crippen LogP contribution in [0, 0.1) is 6.92 Å². The zero-order chi connectivity index (χ0) is 26.4. The molecule has 3 aromatic carbocycles. The first-order chi connectivity index (χ1) is 17.8. The van der Waals surface area contributed by atoms with Crippen molar-refractivity contribution in [1.29, 1.82) is 0 Å². The van der Waals surface area contributed by atoms with E-state index in [4.69, 9.17) is 21.1 Å². The fourth-order valence-corrected chi connectivity index (χ4v) is 4.59. The van der Waals surface area contributed by atoms with Crippen LogP contribution in [0.25, 0.3) is 6.08 Å². The topological polar surface area (TPSA) is 84.9 Å². The number of amides is 3. The molecule has 0 spiro atoms. The van der Waals surface area contributed by atoms with Crippen molar-refractivity contribution in [2.45, 2.75) is 20.4 Å². The molecule has 7 nitrogen and oxygen atoms in total. The Bertz CT molecular complexity index is 1360. The van der Waals surface area contributed by atoms with Crippen LogP contribution in [-0.2, 0) is 16.1 Å². The summed E-state index contributed by atoms with van der Waals surface area (Å²) in [5.74, 6) is 0.164. The smallest absolute Gasteiger partial charge is 0.293 e. The molecule has 3 aromatic rings. The Kier molecular flexibility index (Phi) is 8.53. The van der Waals surface area contributed by atoms with Gasteiger partial charge < -0.3 is 14.8 Å². The number of carbonyl (C=O) groups is 3. The molecule has 0 radical (unpaired) electrons. The molecule has 37 heavy (non-hydrogen) atoms. The Labute approximate surface area is 224 Å². The second kappa shape index (κ2) is 12.0. The molecule has 1 fully saturated rings. The van der Waals surface area contributed by atoms with Gasteiger partial charge >= 0.3 is 0 Å². The predicted octanol–water partition coefficient (Wildman–Crippen LogP) is 6.30. The van der Waals surface area contributed by atoms with Crippen LogP contribution < -0.4 is 14.8 Å². The molecule has 1 saturated heterocycles. The van der Waals surface area contributed by atoms with E-state index in [0.29, 0.717) is 39.3 Å². The third-order valence-electron chi connectivity index (χ3n) is 5.35. The maximum absolute atomic E-state index is 12.9. The monoisotopic (exact) mass is 536 g/mol. The van der Waals surface area contributed by atoms with Crippen LogP contribution in [0.5, 0.6) is 11.5 Å². The quantitative estimate of drug-likeness (QED) is 0.323. The zero-order valence-electron chi connectivity index (χ0n) is 20.3. The van der Waals surface area contributed by atoms with Gasteiger partial charge in [0.25, 0.3) is 17.1 Å². The molecule has 1 N–H and O–H groups in total. The number of nitrogens with zero attached hydrogens (tertiary/aromatic N) is 1. The molecule has 1 heterocycles. The number of imide groups is 1. The van der Waals surface area contributed by atoms with Gasteiger partial charge in [-0.05, 0) is 84.8 Å². The van der Waals surface area contributed by atoms with Gasteiger partial charge in [-0.15, -0.1) is 0 Å². The lowest BCUT2D eigenvalue weighted by molar-refractivity contribution is -0.123. The molecule has 3 amide bonds. The van der Waals surface area contributed by atoms with Crippen LogP contribution in [0.15, 0.2) is 71.6 Å². The van der Waals surface area contributed by atoms with Crippen LogP contribution in [-0.4, -0.2) is 35.2 Å². The number of halogens is 1. The Morgan fingerprint density at radius 2 is 1.81 bits per heavy atom. The van der Waals surface area contributed by atoms with Crippen molar-refractivity contribution < 1.29 is 23.9 Å². The number of hydrogen-bond acceptors (Lipinski definition) is 6. The maximum atomic E-state index is 12.9. The predicted molar refractivity (Wildman–Crippen MR) is 146 cm³/mol. The summed E-state index contributed by atoms with van der Waals surface area (Å²) in [5, 5.41) is 3.05. The van der Waals surface area contributed by atoms with Crippen LogP contribution in [0.3, 0.4) is 0 Å². The first-order valence-electron chi connectivity index (χ1n) is 11.6. The maximum Gasteiger partial charge on any atom is 0.293 e. The average Bonchev–Trinajstić information content (AvgIpc) is 3.12. The normalized spacial score (nSPS) is 14.2. The average molecular weight is 537 g/mol. The third-order valence-corrected chi connectivity index (χ3v) is 6.51. The highest BCUT2D eigenvalue weighted by Gasteiger charge is 2.35. The zero-order valence-corrected chi connectivity index (χ0v) is 21.9. The summed E-state index contributed by atoms with van der Waals surface area (Å²) in [6.45, 7) is 4.13. The van der Waals surface area contributed by atoms with E-state index in [-0.39, 0.29) is 30.2 Å². The summed E-state index contributed by atoms with van der Waals surface area (Å²) in [5.41, 5.74) is 3.20. The molecule has 9 heteroatoms. The van der Waals surface area contributed by atoms with E-state index in [1.165, 1.54) is 4.90 Å². The van der Waals surface area contributed by atoms with Gasteiger partial charge in [-0.1, -0.05) is 41.9 Å². The first kappa shape index (κ1) is 26.3. The minimum atomic E-state index is -0.365. The Morgan fingerprint density at radius 1 is 1.03 bits per heavy atom. The van der Waals surface area contributed by atoms with Crippen molar-refractivity contribution in [3.8, 4) is 11.5 Å². The highest BCUT2D eigenvalue weighted by Crippen LogP contribution is 2.35. The molecule has 0 saturated carbocycles. The third kappa shape index (κ3) is 6.93. The fourth-order valence-electron chi connectivity index (χ4n) is 3.63. The minimum absolute atomic E-state index is 0.167. The molecule has 4 rings (SSSR count). The van der Waals surface area contributed by atoms with Gasteiger partial charge in [-0.2, -0.15) is 0 Å². The van der Waals surface area contributed by atoms with Gasteiger partial charge in [0.2, 0.25) is 0 Å². The standard InChI is InChI=1S/C28H25ClN2O5S/c1-3-35-24-14-20(9-12-23(24)36-17-26(32)30-22-6-4-5-18(2)13-22)15-25-27(33)31(28(34)37-25)16-19-7-10-21(29)11-8-19/h4-15H,3,16-17H2,1-2H3,(H,30,32)/b25-15+. The molecule has 1 aliphatic heterocycles. The number of nitrogens with one attached hydrogen (secondary N) is 1. The molecule has 0 bridgehead atoms. The van der Waals surface area contributed by atoms with Crippen molar-refractivity contribution in [1.82, 2.24) is 4.90 Å². The van der Waals surface area contributed by atoms with Gasteiger partial charge in [-0.25, -0.2) is 0 Å². The van der Waals surface area contributed by atoms with Crippen LogP contribution >= 0.6 is 23.4 Å². The molecular weight excluding hydrogens is 512 g/mol. The Balaban J connectivity index is 1.44. The molecule has 0 aliphatic carbocycles. The fraction of sp³-hybridized carbons (Fsp3) is 0.179. The van der Waals surface area contributed by atoms with Gasteiger partial charge in [0.05, 0.1) is 18.1 Å². The van der Waals surface area contributed by atoms with Gasteiger partial charge in [0.15, 0.2) is 18.1 Å². The summed E-state index contributed by atoms with van der Waals surface area (Å²) in [6.07, 6.45) is 1.64. The van der Waals surface area contributed by atoms with Crippen molar-refractivity contribution >= 4 is 52.2 Å². The summed E-state index contributed by atoms with van der Waals surface area (Å²) in [7, 11) is 0. The largest absolute Gasteiger partial charge is 0.490 e. The Hall–Kier alpha value is -3.75. The number of rotatable bonds is 9. The van der Waals surface area contributed by atoms with Crippen LogP contribution in [0.2, 0.25) is 5.02 Å². The summed E-state index contributed by atoms with van der Waals surface area (Å²) in [6, 6.07) is 19.6. The lowest BCUT2D eigenvalue weighted by atomic mass is 10.1. The number of aryl methyl sites for hydroxylation is 1. The van der Waals surface area contributed by atoms with Crippen molar-refractivity contribution in [2.24, 2.45) is 0 Å². The number of anilines is 1. The number of hydrogen-bond donors (Lipinski definition) is 1. The van der Waals surface area contributed by atoms with E-state index in [0.717, 1.165) is 22.9 Å². The molecule has 0 unspecified atom stereocenters. The van der Waals surface area contributed by atoms with E-state index in [1.54, 1.807) is 48.5 Å². The van der Waals surface area contributed by atoms with E-state index in [9.17, 15) is 14.4 Å². The highest BCUT2D eigenvalue weighted by molar-refractivity contribution is 8.18. The molecule has 0 aromatic heterocycles. The van der Waals surface area contributed by atoms with Gasteiger partial charge in [-0.3, -0.25) is 19.3 Å². The van der Waals surface area contributed by atoms with Crippen molar-refractivity contribution in [3.05, 3.63) is 93.3 Å². The Morgan fingerprint density at radius 3 is 2.54 bits per heavy atom. The van der Waals surface area contributed by atoms with Crippen LogP contribution in [0.1, 0.15) is 23.6 Å². The van der Waals surface area contributed by atoms with E-state index in [2.05, 4.69) is 5.32 Å². The lowest BCUT2D eigenvalue weighted by Crippen LogP contribution is -2.27. The molecule has 0 atom stereocenters. The van der Waals surface area contributed by atoms with Gasteiger partial charge in [0, 0.05) is 10.7 Å². The molecule has 190 valence electrons. The number of ether oxygens (including phenoxy) is 2. The first-order valence-corrected chi connectivity index (χ1v) is 12.8. The summed E-state index contributed by atoms with van der Waals surface area (Å²) >= 11 is 6.80. The molecule has 1 aliphatic rings. The number of carbonyl (C=O) groups excluding carboxylic acids is 3. The van der Waals surface area contributed by atoms with Crippen LogP contribution in [0.4, 0.5) is 10.5 Å². The minimum Gasteiger partial charge on any atom is -0.490 e. The van der Waals surface area contributed by atoms with Gasteiger partial charge in [0.1, 0.15) is 0 Å².